The van der Waals surface area contributed by atoms with Crippen molar-refractivity contribution in [3.63, 3.8) is 0 Å². The number of hydrogen-bond donors (Lipinski definition) is 4. The van der Waals surface area contributed by atoms with E-state index in [1.165, 1.54) is 42.5 Å². The predicted molar refractivity (Wildman–Crippen MR) is 117 cm³/mol. The van der Waals surface area contributed by atoms with Crippen molar-refractivity contribution >= 4 is 43.2 Å². The molecule has 1 heterocycles. The van der Waals surface area contributed by atoms with Gasteiger partial charge in [-0.05, 0) is 42.5 Å². The van der Waals surface area contributed by atoms with Crippen molar-refractivity contribution in [3.8, 4) is 12.3 Å². The highest BCUT2D eigenvalue weighted by atomic mass is 32.2. The molecule has 0 fully saturated rings. The topological polar surface area (TPSA) is 156 Å². The molecule has 0 aliphatic carbocycles. The number of primary sulfonamides is 1. The number of benzene rings is 2. The Labute approximate surface area is 184 Å². The van der Waals surface area contributed by atoms with Gasteiger partial charge >= 0.3 is 0 Å². The summed E-state index contributed by atoms with van der Waals surface area (Å²) in [6, 6.07) is 11.1. The maximum atomic E-state index is 14.2. The summed E-state index contributed by atoms with van der Waals surface area (Å²) in [5.74, 6) is 1.21. The Balaban J connectivity index is 1.79. The van der Waals surface area contributed by atoms with Gasteiger partial charge in [-0.2, -0.15) is 9.71 Å². The molecule has 2 aromatic carbocycles. The van der Waals surface area contributed by atoms with Gasteiger partial charge < -0.3 is 10.6 Å². The van der Waals surface area contributed by atoms with Crippen LogP contribution in [0.5, 0.6) is 0 Å². The van der Waals surface area contributed by atoms with E-state index in [1.807, 2.05) is 0 Å². The van der Waals surface area contributed by atoms with Crippen LogP contribution in [0.25, 0.3) is 0 Å². The second-order valence-corrected chi connectivity index (χ2v) is 9.59. The van der Waals surface area contributed by atoms with Gasteiger partial charge in [-0.15, -0.1) is 6.42 Å². The lowest BCUT2D eigenvalue weighted by molar-refractivity contribution is 0.586. The molecule has 0 spiro atoms. The number of nitrogens with two attached hydrogens (primary N) is 1. The highest BCUT2D eigenvalue weighted by molar-refractivity contribution is 7.89. The average Bonchev–Trinajstić information content (AvgIpc) is 2.75. The highest BCUT2D eigenvalue weighted by Gasteiger charge is 2.14. The number of sulfonamides is 2. The fourth-order valence-electron chi connectivity index (χ4n) is 2.47. The van der Waals surface area contributed by atoms with E-state index in [4.69, 9.17) is 11.6 Å². The summed E-state index contributed by atoms with van der Waals surface area (Å²) in [5.41, 5.74) is 0.684. The second kappa shape index (κ2) is 9.28. The summed E-state index contributed by atoms with van der Waals surface area (Å²) < 4.78 is 63.5. The number of nitrogens with zero attached hydrogens (tertiary/aromatic N) is 2. The molecule has 1 aromatic heterocycles. The zero-order valence-corrected chi connectivity index (χ0v) is 17.9. The minimum atomic E-state index is -3.90. The van der Waals surface area contributed by atoms with Gasteiger partial charge in [0.2, 0.25) is 26.0 Å². The molecular weight excluding hydrogens is 459 g/mol. The van der Waals surface area contributed by atoms with E-state index in [0.717, 1.165) is 6.20 Å². The van der Waals surface area contributed by atoms with Gasteiger partial charge in [0.05, 0.1) is 22.5 Å². The lowest BCUT2D eigenvalue weighted by Crippen LogP contribution is -2.23. The maximum absolute atomic E-state index is 14.2. The monoisotopic (exact) mass is 476 g/mol. The van der Waals surface area contributed by atoms with Gasteiger partial charge in [-0.3, -0.25) is 0 Å². The third-order valence-corrected chi connectivity index (χ3v) is 6.28. The van der Waals surface area contributed by atoms with Crippen LogP contribution in [0.1, 0.15) is 0 Å². The van der Waals surface area contributed by atoms with E-state index < -0.39 is 25.9 Å². The van der Waals surface area contributed by atoms with E-state index >= 15 is 0 Å². The van der Waals surface area contributed by atoms with E-state index in [9.17, 15) is 21.2 Å². The van der Waals surface area contributed by atoms with Gasteiger partial charge in [-0.1, -0.05) is 12.0 Å². The molecule has 0 radical (unpaired) electrons. The van der Waals surface area contributed by atoms with Gasteiger partial charge in [0.25, 0.3) is 0 Å². The number of aromatic nitrogens is 2. The molecule has 0 atom stereocenters. The maximum Gasteiger partial charge on any atom is 0.241 e. The van der Waals surface area contributed by atoms with Crippen LogP contribution < -0.4 is 20.5 Å². The smallest absolute Gasteiger partial charge is 0.241 e. The summed E-state index contributed by atoms with van der Waals surface area (Å²) in [5, 5.41) is 10.6. The van der Waals surface area contributed by atoms with Gasteiger partial charge in [0, 0.05) is 11.4 Å². The zero-order valence-electron chi connectivity index (χ0n) is 16.3. The fraction of sp³-hybridized carbons (Fsp3) is 0.0526. The van der Waals surface area contributed by atoms with Gasteiger partial charge in [0.15, 0.2) is 11.6 Å². The van der Waals surface area contributed by atoms with E-state index in [2.05, 4.69) is 31.2 Å². The van der Waals surface area contributed by atoms with Crippen LogP contribution in [0.2, 0.25) is 0 Å². The van der Waals surface area contributed by atoms with Crippen molar-refractivity contribution < 1.29 is 21.2 Å². The van der Waals surface area contributed by atoms with Gasteiger partial charge in [0.1, 0.15) is 0 Å². The van der Waals surface area contributed by atoms with Crippen LogP contribution >= 0.6 is 0 Å². The first-order valence-corrected chi connectivity index (χ1v) is 11.8. The van der Waals surface area contributed by atoms with Crippen LogP contribution in [0, 0.1) is 18.2 Å². The molecule has 5 N–H and O–H groups in total. The number of hydrogen-bond acceptors (Lipinski definition) is 8. The first-order chi connectivity index (χ1) is 15.1. The number of anilines is 4. The third-order valence-electron chi connectivity index (χ3n) is 3.95. The summed E-state index contributed by atoms with van der Waals surface area (Å²) in [7, 11) is -7.66. The summed E-state index contributed by atoms with van der Waals surface area (Å²) >= 11 is 0. The van der Waals surface area contributed by atoms with Crippen LogP contribution in [-0.4, -0.2) is 33.3 Å². The van der Waals surface area contributed by atoms with Crippen molar-refractivity contribution in [3.05, 3.63) is 60.5 Å². The Morgan fingerprint density at radius 1 is 1.00 bits per heavy atom. The van der Waals surface area contributed by atoms with Crippen LogP contribution in [-0.2, 0) is 20.0 Å². The molecule has 32 heavy (non-hydrogen) atoms. The number of terminal acetylenes is 1. The molecule has 10 nitrogen and oxygen atoms in total. The van der Waals surface area contributed by atoms with E-state index in [-0.39, 0.29) is 28.1 Å². The molecule has 13 heteroatoms. The quantitative estimate of drug-likeness (QED) is 0.358. The summed E-state index contributed by atoms with van der Waals surface area (Å²) in [6.07, 6.45) is 5.97. The number of rotatable bonds is 8. The molecule has 0 unspecified atom stereocenters. The van der Waals surface area contributed by atoms with Crippen molar-refractivity contribution in [2.24, 2.45) is 5.14 Å². The standard InChI is InChI=1S/C19H17FN6O4S2/c1-2-10-23-32(29,30)15-8-6-13(7-9-15)24-18-17(20)12-22-19(26-18)25-14-4-3-5-16(11-14)31(21,27)28/h1,3-9,11-12,23H,10H2,(H2,21,27,28)(H2,22,24,25,26). The Morgan fingerprint density at radius 2 is 1.72 bits per heavy atom. The lowest BCUT2D eigenvalue weighted by Gasteiger charge is -2.11. The SMILES string of the molecule is C#CCNS(=O)(=O)c1ccc(Nc2nc(Nc3cccc(S(N)(=O)=O)c3)ncc2F)cc1. The zero-order chi connectivity index (χ0) is 23.4. The molecule has 166 valence electrons. The van der Waals surface area contributed by atoms with Crippen molar-refractivity contribution in [2.75, 3.05) is 17.2 Å². The Bertz CT molecular complexity index is 1390. The van der Waals surface area contributed by atoms with Gasteiger partial charge in [-0.25, -0.2) is 31.3 Å². The molecule has 0 amide bonds. The molecule has 0 bridgehead atoms. The molecule has 3 rings (SSSR count). The third kappa shape index (κ3) is 5.77. The van der Waals surface area contributed by atoms with Crippen molar-refractivity contribution in [1.29, 1.82) is 0 Å². The largest absolute Gasteiger partial charge is 0.338 e. The molecule has 0 saturated carbocycles. The van der Waals surface area contributed by atoms with Crippen LogP contribution in [0.15, 0.2) is 64.5 Å². The minimum absolute atomic E-state index is 0.0152. The molecule has 0 saturated heterocycles. The van der Waals surface area contributed by atoms with Crippen molar-refractivity contribution in [1.82, 2.24) is 14.7 Å². The molecule has 0 aliphatic rings. The number of halogens is 1. The molecule has 0 aliphatic heterocycles. The van der Waals surface area contributed by atoms with Crippen LogP contribution in [0.4, 0.5) is 27.5 Å². The molecule has 3 aromatic rings. The highest BCUT2D eigenvalue weighted by Crippen LogP contribution is 2.22. The van der Waals surface area contributed by atoms with Crippen molar-refractivity contribution in [2.45, 2.75) is 9.79 Å². The number of nitrogens with one attached hydrogen (secondary N) is 3. The summed E-state index contributed by atoms with van der Waals surface area (Å²) in [6.45, 7) is -0.148. The van der Waals surface area contributed by atoms with E-state index in [0.29, 0.717) is 11.4 Å². The average molecular weight is 477 g/mol. The lowest BCUT2D eigenvalue weighted by atomic mass is 10.3. The van der Waals surface area contributed by atoms with E-state index in [1.54, 1.807) is 6.07 Å². The first-order valence-electron chi connectivity index (χ1n) is 8.81. The summed E-state index contributed by atoms with van der Waals surface area (Å²) in [4.78, 5) is 7.71. The Hall–Kier alpha value is -3.57. The second-order valence-electron chi connectivity index (χ2n) is 6.27. The predicted octanol–water partition coefficient (Wildman–Crippen LogP) is 1.66. The van der Waals surface area contributed by atoms with Crippen LogP contribution in [0.3, 0.4) is 0 Å². The minimum Gasteiger partial charge on any atom is -0.338 e. The fourth-order valence-corrected chi connectivity index (χ4v) is 3.96. The first kappa shape index (κ1) is 23.1. The Morgan fingerprint density at radius 3 is 2.38 bits per heavy atom. The normalized spacial score (nSPS) is 11.5. The molecular formula is C19H17FN6O4S2. The Kier molecular flexibility index (Phi) is 6.70.